The standard InChI is InChI=1S/C12H22N2S/c1(2-12-3-10-15-11-4-12)7-14-8-5-13-6-9-14/h1-2,12-13H,3-11H2/b2-1-. The molecule has 0 aromatic heterocycles. The van der Waals surface area contributed by atoms with Crippen molar-refractivity contribution in [3.63, 3.8) is 0 Å². The normalized spacial score (nSPS) is 26.1. The maximum absolute atomic E-state index is 3.39. The smallest absolute Gasteiger partial charge is 0.0164 e. The highest BCUT2D eigenvalue weighted by atomic mass is 32.2. The minimum absolute atomic E-state index is 0.870. The van der Waals surface area contributed by atoms with Crippen molar-refractivity contribution in [1.82, 2.24) is 10.2 Å². The van der Waals surface area contributed by atoms with Crippen molar-refractivity contribution in [1.29, 1.82) is 0 Å². The SMILES string of the molecule is C(=C/C1CCSCC1)/CN1CCNCC1. The van der Waals surface area contributed by atoms with Gasteiger partial charge >= 0.3 is 0 Å². The van der Waals surface area contributed by atoms with Crippen LogP contribution in [0, 0.1) is 5.92 Å². The molecule has 3 heteroatoms. The molecule has 2 nitrogen and oxygen atoms in total. The summed E-state index contributed by atoms with van der Waals surface area (Å²) in [4.78, 5) is 2.53. The van der Waals surface area contributed by atoms with Crippen LogP contribution >= 0.6 is 11.8 Å². The number of allylic oxidation sites excluding steroid dienone is 1. The highest BCUT2D eigenvalue weighted by Crippen LogP contribution is 2.23. The molecule has 0 unspecified atom stereocenters. The van der Waals surface area contributed by atoms with Crippen LogP contribution in [0.3, 0.4) is 0 Å². The van der Waals surface area contributed by atoms with Gasteiger partial charge in [0, 0.05) is 32.7 Å². The number of nitrogens with one attached hydrogen (secondary N) is 1. The van der Waals surface area contributed by atoms with Crippen molar-refractivity contribution < 1.29 is 0 Å². The van der Waals surface area contributed by atoms with Crippen molar-refractivity contribution in [2.24, 2.45) is 5.92 Å². The van der Waals surface area contributed by atoms with Gasteiger partial charge in [0.2, 0.25) is 0 Å². The molecule has 0 aromatic carbocycles. The zero-order valence-electron chi connectivity index (χ0n) is 9.45. The average molecular weight is 226 g/mol. The Balaban J connectivity index is 1.64. The Kier molecular flexibility index (Phi) is 5.03. The summed E-state index contributed by atoms with van der Waals surface area (Å²) in [6, 6.07) is 0. The summed E-state index contributed by atoms with van der Waals surface area (Å²) in [7, 11) is 0. The molecule has 0 spiro atoms. The summed E-state index contributed by atoms with van der Waals surface area (Å²) in [5, 5.41) is 3.39. The Hall–Kier alpha value is 0.01000. The second-order valence-corrected chi connectivity index (χ2v) is 5.65. The fourth-order valence-electron chi connectivity index (χ4n) is 2.20. The lowest BCUT2D eigenvalue weighted by molar-refractivity contribution is 0.264. The van der Waals surface area contributed by atoms with Crippen molar-refractivity contribution in [3.8, 4) is 0 Å². The van der Waals surface area contributed by atoms with Gasteiger partial charge < -0.3 is 5.32 Å². The lowest BCUT2D eigenvalue weighted by atomic mass is 10.0. The first kappa shape index (κ1) is 11.5. The maximum Gasteiger partial charge on any atom is 0.0164 e. The topological polar surface area (TPSA) is 15.3 Å². The van der Waals surface area contributed by atoms with E-state index in [2.05, 4.69) is 34.1 Å². The minimum atomic E-state index is 0.870. The summed E-state index contributed by atoms with van der Waals surface area (Å²) in [6.45, 7) is 5.91. The Morgan fingerprint density at radius 2 is 1.93 bits per heavy atom. The average Bonchev–Trinajstić information content (AvgIpc) is 2.32. The predicted molar refractivity (Wildman–Crippen MR) is 68.5 cm³/mol. The van der Waals surface area contributed by atoms with E-state index in [0.29, 0.717) is 0 Å². The summed E-state index contributed by atoms with van der Waals surface area (Å²) < 4.78 is 0. The van der Waals surface area contributed by atoms with E-state index < -0.39 is 0 Å². The number of hydrogen-bond acceptors (Lipinski definition) is 3. The number of nitrogens with zero attached hydrogens (tertiary/aromatic N) is 1. The molecular weight excluding hydrogens is 204 g/mol. The molecule has 0 radical (unpaired) electrons. The van der Waals surface area contributed by atoms with Crippen molar-refractivity contribution in [2.75, 3.05) is 44.2 Å². The van der Waals surface area contributed by atoms with Gasteiger partial charge in [-0.3, -0.25) is 4.90 Å². The molecule has 2 saturated heterocycles. The third kappa shape index (κ3) is 4.17. The maximum atomic E-state index is 3.39. The molecule has 2 aliphatic heterocycles. The zero-order valence-corrected chi connectivity index (χ0v) is 10.3. The number of hydrogen-bond donors (Lipinski definition) is 1. The van der Waals surface area contributed by atoms with E-state index in [4.69, 9.17) is 0 Å². The highest BCUT2D eigenvalue weighted by Gasteiger charge is 2.11. The molecule has 0 saturated carbocycles. The van der Waals surface area contributed by atoms with Gasteiger partial charge in [0.05, 0.1) is 0 Å². The largest absolute Gasteiger partial charge is 0.314 e. The lowest BCUT2D eigenvalue weighted by Gasteiger charge is -2.26. The van der Waals surface area contributed by atoms with E-state index in [-0.39, 0.29) is 0 Å². The molecule has 0 amide bonds. The van der Waals surface area contributed by atoms with Gasteiger partial charge in [0.25, 0.3) is 0 Å². The zero-order chi connectivity index (χ0) is 10.3. The summed E-state index contributed by atoms with van der Waals surface area (Å²) in [6.07, 6.45) is 7.64. The van der Waals surface area contributed by atoms with Crippen LogP contribution in [-0.4, -0.2) is 49.1 Å². The van der Waals surface area contributed by atoms with Crippen LogP contribution < -0.4 is 5.32 Å². The van der Waals surface area contributed by atoms with Crippen molar-refractivity contribution >= 4 is 11.8 Å². The van der Waals surface area contributed by atoms with Crippen LogP contribution in [0.2, 0.25) is 0 Å². The molecule has 2 fully saturated rings. The molecule has 2 aliphatic rings. The van der Waals surface area contributed by atoms with E-state index in [0.717, 1.165) is 25.6 Å². The molecule has 0 bridgehead atoms. The number of rotatable bonds is 3. The number of piperazine rings is 1. The van der Waals surface area contributed by atoms with Crippen LogP contribution in [0.15, 0.2) is 12.2 Å². The van der Waals surface area contributed by atoms with E-state index in [1.54, 1.807) is 0 Å². The monoisotopic (exact) mass is 226 g/mol. The molecular formula is C12H22N2S. The third-order valence-corrected chi connectivity index (χ3v) is 4.30. The second-order valence-electron chi connectivity index (χ2n) is 4.43. The van der Waals surface area contributed by atoms with Crippen molar-refractivity contribution in [3.05, 3.63) is 12.2 Å². The van der Waals surface area contributed by atoms with Gasteiger partial charge in [-0.15, -0.1) is 0 Å². The van der Waals surface area contributed by atoms with E-state index >= 15 is 0 Å². The van der Waals surface area contributed by atoms with Crippen LogP contribution in [0.25, 0.3) is 0 Å². The molecule has 15 heavy (non-hydrogen) atoms. The Labute approximate surface area is 97.5 Å². The first-order valence-corrected chi connectivity index (χ1v) is 7.28. The summed E-state index contributed by atoms with van der Waals surface area (Å²) >= 11 is 2.11. The molecule has 0 aromatic rings. The third-order valence-electron chi connectivity index (χ3n) is 3.25. The van der Waals surface area contributed by atoms with E-state index in [9.17, 15) is 0 Å². The molecule has 0 aliphatic carbocycles. The molecule has 1 N–H and O–H groups in total. The van der Waals surface area contributed by atoms with Crippen LogP contribution in [-0.2, 0) is 0 Å². The quantitative estimate of drug-likeness (QED) is 0.736. The summed E-state index contributed by atoms with van der Waals surface area (Å²) in [5.41, 5.74) is 0. The fourth-order valence-corrected chi connectivity index (χ4v) is 3.35. The van der Waals surface area contributed by atoms with Gasteiger partial charge in [0.15, 0.2) is 0 Å². The number of thioether (sulfide) groups is 1. The first-order valence-electron chi connectivity index (χ1n) is 6.12. The lowest BCUT2D eigenvalue weighted by Crippen LogP contribution is -2.43. The van der Waals surface area contributed by atoms with Crippen molar-refractivity contribution in [2.45, 2.75) is 12.8 Å². The van der Waals surface area contributed by atoms with Crippen LogP contribution in [0.5, 0.6) is 0 Å². The first-order chi connectivity index (χ1) is 7.45. The minimum Gasteiger partial charge on any atom is -0.314 e. The molecule has 2 heterocycles. The van der Waals surface area contributed by atoms with Gasteiger partial charge in [-0.05, 0) is 30.3 Å². The van der Waals surface area contributed by atoms with E-state index in [1.165, 1.54) is 37.4 Å². The van der Waals surface area contributed by atoms with Gasteiger partial charge in [0.1, 0.15) is 0 Å². The Morgan fingerprint density at radius 3 is 2.67 bits per heavy atom. The summed E-state index contributed by atoms with van der Waals surface area (Å²) in [5.74, 6) is 3.60. The Morgan fingerprint density at radius 1 is 1.20 bits per heavy atom. The van der Waals surface area contributed by atoms with Crippen LogP contribution in [0.1, 0.15) is 12.8 Å². The fraction of sp³-hybridized carbons (Fsp3) is 0.833. The molecule has 2 rings (SSSR count). The van der Waals surface area contributed by atoms with Crippen LogP contribution in [0.4, 0.5) is 0 Å². The molecule has 0 atom stereocenters. The van der Waals surface area contributed by atoms with E-state index in [1.807, 2.05) is 0 Å². The van der Waals surface area contributed by atoms with Gasteiger partial charge in [-0.2, -0.15) is 11.8 Å². The Bertz CT molecular complexity index is 194. The second kappa shape index (κ2) is 6.56. The van der Waals surface area contributed by atoms with Gasteiger partial charge in [-0.25, -0.2) is 0 Å². The highest BCUT2D eigenvalue weighted by molar-refractivity contribution is 7.99. The predicted octanol–water partition coefficient (Wildman–Crippen LogP) is 1.59. The van der Waals surface area contributed by atoms with Gasteiger partial charge in [-0.1, -0.05) is 12.2 Å². The molecule has 86 valence electrons.